The number of anilines is 1. The van der Waals surface area contributed by atoms with Crippen molar-refractivity contribution in [3.8, 4) is 0 Å². The highest BCUT2D eigenvalue weighted by Gasteiger charge is 2.17. The van der Waals surface area contributed by atoms with E-state index < -0.39 is 0 Å². The Bertz CT molecular complexity index is 389. The van der Waals surface area contributed by atoms with Crippen LogP contribution in [0, 0.1) is 5.41 Å². The van der Waals surface area contributed by atoms with E-state index in [0.29, 0.717) is 0 Å². The molecule has 5 nitrogen and oxygen atoms in total. The summed E-state index contributed by atoms with van der Waals surface area (Å²) in [5.74, 6) is -0.0260. The van der Waals surface area contributed by atoms with E-state index in [1.807, 2.05) is 44.2 Å². The van der Waals surface area contributed by atoms with E-state index in [-0.39, 0.29) is 24.5 Å². The molecule has 0 aromatic heterocycles. The Kier molecular flexibility index (Phi) is 4.51. The largest absolute Gasteiger partial charge is 0.386 e. The summed E-state index contributed by atoms with van der Waals surface area (Å²) in [4.78, 5) is 13.5. The van der Waals surface area contributed by atoms with Gasteiger partial charge in [0.2, 0.25) is 0 Å². The molecule has 0 saturated heterocycles. The van der Waals surface area contributed by atoms with Crippen LogP contribution in [0.3, 0.4) is 0 Å². The molecule has 5 heteroatoms. The number of nitrogens with one attached hydrogen (secondary N) is 2. The Labute approximate surface area is 101 Å². The maximum atomic E-state index is 12.0. The number of carbonyl (C=O) groups is 1. The number of nitrogens with two attached hydrogens (primary N) is 1. The zero-order valence-electron chi connectivity index (χ0n) is 10.1. The molecule has 0 spiro atoms. The minimum Gasteiger partial charge on any atom is -0.386 e. The fourth-order valence-corrected chi connectivity index (χ4v) is 1.39. The molecule has 0 unspecified atom stereocenters. The normalized spacial score (nSPS) is 10.1. The summed E-state index contributed by atoms with van der Waals surface area (Å²) in [6.45, 7) is 3.90. The molecule has 1 rings (SSSR count). The van der Waals surface area contributed by atoms with Gasteiger partial charge >= 0.3 is 6.03 Å². The van der Waals surface area contributed by atoms with Crippen LogP contribution in [0.1, 0.15) is 13.8 Å². The molecule has 0 radical (unpaired) electrons. The van der Waals surface area contributed by atoms with Crippen molar-refractivity contribution in [3.05, 3.63) is 30.3 Å². The standard InChI is InChI=1S/C12H18N4O/c1-9(2)16(8-11(13)14)12(17)15-10-6-4-3-5-7-10/h3-7,9H,8H2,1-2H3,(H3,13,14)(H,15,17). The number of urea groups is 1. The fraction of sp³-hybridized carbons (Fsp3) is 0.333. The summed E-state index contributed by atoms with van der Waals surface area (Å²) in [5, 5.41) is 10.0. The zero-order valence-corrected chi connectivity index (χ0v) is 10.1. The number of hydrogen-bond donors (Lipinski definition) is 3. The minimum absolute atomic E-state index is 0.0115. The molecule has 0 aliphatic heterocycles. The number of nitrogens with zero attached hydrogens (tertiary/aromatic N) is 1. The van der Waals surface area contributed by atoms with Gasteiger partial charge in [-0.1, -0.05) is 18.2 Å². The third-order valence-corrected chi connectivity index (χ3v) is 2.25. The van der Waals surface area contributed by atoms with Crippen LogP contribution in [0.2, 0.25) is 0 Å². The lowest BCUT2D eigenvalue weighted by Gasteiger charge is -2.26. The third kappa shape index (κ3) is 4.14. The molecule has 0 aliphatic carbocycles. The number of hydrogen-bond acceptors (Lipinski definition) is 2. The van der Waals surface area contributed by atoms with E-state index in [1.54, 1.807) is 0 Å². The van der Waals surface area contributed by atoms with Gasteiger partial charge < -0.3 is 16.0 Å². The van der Waals surface area contributed by atoms with Crippen molar-refractivity contribution in [2.24, 2.45) is 5.73 Å². The molecule has 2 amide bonds. The third-order valence-electron chi connectivity index (χ3n) is 2.25. The fourth-order valence-electron chi connectivity index (χ4n) is 1.39. The second-order valence-corrected chi connectivity index (χ2v) is 4.04. The van der Waals surface area contributed by atoms with Gasteiger partial charge in [0.1, 0.15) is 5.84 Å². The van der Waals surface area contributed by atoms with E-state index >= 15 is 0 Å². The Hall–Kier alpha value is -2.04. The number of carbonyl (C=O) groups excluding carboxylic acids is 1. The number of para-hydroxylation sites is 1. The summed E-state index contributed by atoms with van der Waals surface area (Å²) in [5.41, 5.74) is 6.05. The average Bonchev–Trinajstić information content (AvgIpc) is 2.26. The molecular weight excluding hydrogens is 216 g/mol. The highest BCUT2D eigenvalue weighted by atomic mass is 16.2. The van der Waals surface area contributed by atoms with Gasteiger partial charge in [0.25, 0.3) is 0 Å². The molecule has 17 heavy (non-hydrogen) atoms. The molecule has 0 atom stereocenters. The lowest BCUT2D eigenvalue weighted by atomic mass is 10.3. The van der Waals surface area contributed by atoms with Crippen LogP contribution in [0.4, 0.5) is 10.5 Å². The summed E-state index contributed by atoms with van der Waals surface area (Å²) in [6, 6.07) is 8.93. The van der Waals surface area contributed by atoms with E-state index in [4.69, 9.17) is 11.1 Å². The predicted molar refractivity (Wildman–Crippen MR) is 69.2 cm³/mol. The Morgan fingerprint density at radius 1 is 1.41 bits per heavy atom. The highest BCUT2D eigenvalue weighted by molar-refractivity contribution is 5.92. The smallest absolute Gasteiger partial charge is 0.322 e. The molecule has 0 saturated carbocycles. The minimum atomic E-state index is -0.249. The number of rotatable bonds is 4. The van der Waals surface area contributed by atoms with Gasteiger partial charge in [-0.2, -0.15) is 0 Å². The van der Waals surface area contributed by atoms with Crippen molar-refractivity contribution in [1.29, 1.82) is 5.41 Å². The molecule has 0 fully saturated rings. The summed E-state index contributed by atoms with van der Waals surface area (Å²) < 4.78 is 0. The van der Waals surface area contributed by atoms with Crippen molar-refractivity contribution in [3.63, 3.8) is 0 Å². The van der Waals surface area contributed by atoms with Crippen molar-refractivity contribution < 1.29 is 4.79 Å². The van der Waals surface area contributed by atoms with Gasteiger partial charge in [-0.3, -0.25) is 5.41 Å². The van der Waals surface area contributed by atoms with Crippen LogP contribution >= 0.6 is 0 Å². The summed E-state index contributed by atoms with van der Waals surface area (Å²) in [7, 11) is 0. The highest BCUT2D eigenvalue weighted by Crippen LogP contribution is 2.08. The average molecular weight is 234 g/mol. The zero-order chi connectivity index (χ0) is 12.8. The van der Waals surface area contributed by atoms with Crippen molar-refractivity contribution in [1.82, 2.24) is 4.90 Å². The quantitative estimate of drug-likeness (QED) is 0.549. The second-order valence-electron chi connectivity index (χ2n) is 4.04. The molecule has 0 aliphatic rings. The van der Waals surface area contributed by atoms with Crippen LogP contribution < -0.4 is 11.1 Å². The van der Waals surface area contributed by atoms with Crippen LogP contribution in [0.25, 0.3) is 0 Å². The molecule has 4 N–H and O–H groups in total. The second kappa shape index (κ2) is 5.89. The first-order chi connectivity index (χ1) is 8.00. The SMILES string of the molecule is CC(C)N(CC(=N)N)C(=O)Nc1ccccc1. The molecule has 0 heterocycles. The number of benzene rings is 1. The Morgan fingerprint density at radius 3 is 2.47 bits per heavy atom. The topological polar surface area (TPSA) is 82.2 Å². The first-order valence-electron chi connectivity index (χ1n) is 5.46. The van der Waals surface area contributed by atoms with E-state index in [9.17, 15) is 4.79 Å². The lowest BCUT2D eigenvalue weighted by molar-refractivity contribution is 0.206. The summed E-state index contributed by atoms with van der Waals surface area (Å²) in [6.07, 6.45) is 0. The van der Waals surface area contributed by atoms with Crippen LogP contribution in [0.15, 0.2) is 30.3 Å². The lowest BCUT2D eigenvalue weighted by Crippen LogP contribution is -2.44. The number of amidine groups is 1. The molecule has 1 aromatic carbocycles. The molecule has 1 aromatic rings. The molecule has 92 valence electrons. The van der Waals surface area contributed by atoms with Gasteiger partial charge in [0.15, 0.2) is 0 Å². The first kappa shape index (κ1) is 13.0. The van der Waals surface area contributed by atoms with Crippen molar-refractivity contribution in [2.45, 2.75) is 19.9 Å². The monoisotopic (exact) mass is 234 g/mol. The first-order valence-corrected chi connectivity index (χ1v) is 5.46. The van der Waals surface area contributed by atoms with Crippen molar-refractivity contribution >= 4 is 17.6 Å². The van der Waals surface area contributed by atoms with Gasteiger partial charge in [-0.25, -0.2) is 4.79 Å². The van der Waals surface area contributed by atoms with Crippen molar-refractivity contribution in [2.75, 3.05) is 11.9 Å². The molecular formula is C12H18N4O. The van der Waals surface area contributed by atoms with Gasteiger partial charge in [0, 0.05) is 11.7 Å². The Balaban J connectivity index is 2.69. The maximum Gasteiger partial charge on any atom is 0.322 e. The van der Waals surface area contributed by atoms with Gasteiger partial charge in [0.05, 0.1) is 6.54 Å². The Morgan fingerprint density at radius 2 is 2.00 bits per heavy atom. The van der Waals surface area contributed by atoms with E-state index in [1.165, 1.54) is 4.90 Å². The van der Waals surface area contributed by atoms with Crippen LogP contribution in [-0.4, -0.2) is 29.4 Å². The van der Waals surface area contributed by atoms with Gasteiger partial charge in [-0.05, 0) is 26.0 Å². The van der Waals surface area contributed by atoms with E-state index in [2.05, 4.69) is 5.32 Å². The summed E-state index contributed by atoms with van der Waals surface area (Å²) >= 11 is 0. The van der Waals surface area contributed by atoms with Crippen LogP contribution in [0.5, 0.6) is 0 Å². The maximum absolute atomic E-state index is 12.0. The van der Waals surface area contributed by atoms with Gasteiger partial charge in [-0.15, -0.1) is 0 Å². The predicted octanol–water partition coefficient (Wildman–Crippen LogP) is 1.86. The van der Waals surface area contributed by atoms with E-state index in [0.717, 1.165) is 5.69 Å². The number of amides is 2. The molecule has 0 bridgehead atoms. The van der Waals surface area contributed by atoms with Crippen LogP contribution in [-0.2, 0) is 0 Å².